The van der Waals surface area contributed by atoms with Gasteiger partial charge in [-0.1, -0.05) is 18.2 Å². The smallest absolute Gasteiger partial charge is 0.339 e. The van der Waals surface area contributed by atoms with Crippen LogP contribution in [0.5, 0.6) is 5.75 Å². The molecular weight excluding hydrogens is 364 g/mol. The SMILES string of the molecule is COC(=O)[C@@H](OC(C)(C)C)c1c(C)ccc(C)c1-c1ccc2c(c1C)CCCO2. The molecule has 4 heteroatoms. The number of esters is 1. The average molecular weight is 397 g/mol. The molecule has 1 atom stereocenters. The topological polar surface area (TPSA) is 44.8 Å². The number of ether oxygens (including phenoxy) is 3. The molecule has 0 saturated carbocycles. The summed E-state index contributed by atoms with van der Waals surface area (Å²) in [5.74, 6) is 0.591. The summed E-state index contributed by atoms with van der Waals surface area (Å²) >= 11 is 0. The Morgan fingerprint density at radius 1 is 1.07 bits per heavy atom. The van der Waals surface area contributed by atoms with Gasteiger partial charge in [-0.3, -0.25) is 0 Å². The van der Waals surface area contributed by atoms with Crippen molar-refractivity contribution in [2.75, 3.05) is 13.7 Å². The number of rotatable bonds is 4. The van der Waals surface area contributed by atoms with E-state index in [2.05, 4.69) is 32.0 Å². The van der Waals surface area contributed by atoms with Gasteiger partial charge >= 0.3 is 5.97 Å². The zero-order valence-corrected chi connectivity index (χ0v) is 18.6. The summed E-state index contributed by atoms with van der Waals surface area (Å²) in [6.07, 6.45) is 1.24. The van der Waals surface area contributed by atoms with Crippen LogP contribution in [-0.2, 0) is 20.7 Å². The minimum atomic E-state index is -0.790. The van der Waals surface area contributed by atoms with Crippen LogP contribution >= 0.6 is 0 Å². The molecule has 0 unspecified atom stereocenters. The third-order valence-corrected chi connectivity index (χ3v) is 5.47. The highest BCUT2D eigenvalue weighted by Crippen LogP contribution is 2.42. The number of hydrogen-bond donors (Lipinski definition) is 0. The number of fused-ring (bicyclic) bond motifs is 1. The molecule has 0 amide bonds. The van der Waals surface area contributed by atoms with E-state index in [0.717, 1.165) is 53.0 Å². The van der Waals surface area contributed by atoms with Crippen molar-refractivity contribution in [3.05, 3.63) is 52.1 Å². The Hall–Kier alpha value is -2.33. The Kier molecular flexibility index (Phi) is 6.04. The van der Waals surface area contributed by atoms with Crippen molar-refractivity contribution in [3.63, 3.8) is 0 Å². The molecule has 4 nitrogen and oxygen atoms in total. The van der Waals surface area contributed by atoms with Crippen LogP contribution < -0.4 is 4.74 Å². The number of methoxy groups -OCH3 is 1. The van der Waals surface area contributed by atoms with Crippen molar-refractivity contribution >= 4 is 5.97 Å². The van der Waals surface area contributed by atoms with Gasteiger partial charge in [0.15, 0.2) is 6.10 Å². The van der Waals surface area contributed by atoms with E-state index in [4.69, 9.17) is 14.2 Å². The van der Waals surface area contributed by atoms with Crippen LogP contribution in [0.1, 0.15) is 61.1 Å². The van der Waals surface area contributed by atoms with Gasteiger partial charge in [0.05, 0.1) is 19.3 Å². The third kappa shape index (κ3) is 4.32. The van der Waals surface area contributed by atoms with Crippen LogP contribution in [0.2, 0.25) is 0 Å². The van der Waals surface area contributed by atoms with E-state index in [1.807, 2.05) is 33.8 Å². The van der Waals surface area contributed by atoms with Crippen LogP contribution in [0, 0.1) is 20.8 Å². The molecule has 0 spiro atoms. The van der Waals surface area contributed by atoms with Crippen molar-refractivity contribution in [3.8, 4) is 16.9 Å². The standard InChI is InChI=1S/C25H32O4/c1-15-10-11-16(2)22(23(24(26)27-7)29-25(4,5)6)21(15)19-12-13-20-18(17(19)3)9-8-14-28-20/h10-13,23H,8-9,14H2,1-7H3/t23-/m0/s1. The summed E-state index contributed by atoms with van der Waals surface area (Å²) in [5.41, 5.74) is 7.14. The Morgan fingerprint density at radius 2 is 1.76 bits per heavy atom. The molecule has 156 valence electrons. The number of hydrogen-bond acceptors (Lipinski definition) is 4. The lowest BCUT2D eigenvalue weighted by Crippen LogP contribution is -2.29. The predicted octanol–water partition coefficient (Wildman–Crippen LogP) is 5.63. The van der Waals surface area contributed by atoms with E-state index < -0.39 is 11.7 Å². The van der Waals surface area contributed by atoms with E-state index in [0.29, 0.717) is 0 Å². The quantitative estimate of drug-likeness (QED) is 0.628. The summed E-state index contributed by atoms with van der Waals surface area (Å²) in [4.78, 5) is 12.8. The van der Waals surface area contributed by atoms with Gasteiger partial charge in [0, 0.05) is 5.56 Å². The van der Waals surface area contributed by atoms with Crippen LogP contribution in [0.25, 0.3) is 11.1 Å². The Balaban J connectivity index is 2.26. The molecule has 0 saturated heterocycles. The van der Waals surface area contributed by atoms with Gasteiger partial charge in [-0.15, -0.1) is 0 Å². The fourth-order valence-electron chi connectivity index (χ4n) is 4.09. The lowest BCUT2D eigenvalue weighted by Gasteiger charge is -2.30. The molecule has 0 aliphatic carbocycles. The molecule has 1 aliphatic rings. The fourth-order valence-corrected chi connectivity index (χ4v) is 4.09. The molecule has 29 heavy (non-hydrogen) atoms. The van der Waals surface area contributed by atoms with Crippen molar-refractivity contribution in [1.82, 2.24) is 0 Å². The maximum atomic E-state index is 12.8. The first kappa shape index (κ1) is 21.4. The van der Waals surface area contributed by atoms with Crippen LogP contribution in [0.3, 0.4) is 0 Å². The summed E-state index contributed by atoms with van der Waals surface area (Å²) in [5, 5.41) is 0. The number of benzene rings is 2. The highest BCUT2D eigenvalue weighted by atomic mass is 16.6. The van der Waals surface area contributed by atoms with Gasteiger partial charge in [-0.2, -0.15) is 0 Å². The van der Waals surface area contributed by atoms with E-state index >= 15 is 0 Å². The molecule has 1 heterocycles. The first-order valence-corrected chi connectivity index (χ1v) is 10.3. The van der Waals surface area contributed by atoms with Gasteiger partial charge in [-0.05, 0) is 93.8 Å². The highest BCUT2D eigenvalue weighted by molar-refractivity contribution is 5.85. The van der Waals surface area contributed by atoms with E-state index in [1.54, 1.807) is 0 Å². The van der Waals surface area contributed by atoms with Crippen LogP contribution in [0.4, 0.5) is 0 Å². The lowest BCUT2D eigenvalue weighted by atomic mass is 9.84. The van der Waals surface area contributed by atoms with Gasteiger partial charge in [0.25, 0.3) is 0 Å². The zero-order chi connectivity index (χ0) is 21.3. The molecule has 0 bridgehead atoms. The van der Waals surface area contributed by atoms with Crippen LogP contribution in [-0.4, -0.2) is 25.3 Å². The number of carbonyl (C=O) groups excluding carboxylic acids is 1. The molecule has 0 radical (unpaired) electrons. The number of carbonyl (C=O) groups is 1. The summed E-state index contributed by atoms with van der Waals surface area (Å²) in [6, 6.07) is 8.32. The summed E-state index contributed by atoms with van der Waals surface area (Å²) in [7, 11) is 1.41. The largest absolute Gasteiger partial charge is 0.493 e. The van der Waals surface area contributed by atoms with Crippen LogP contribution in [0.15, 0.2) is 24.3 Å². The maximum Gasteiger partial charge on any atom is 0.339 e. The van der Waals surface area contributed by atoms with Crippen molar-refractivity contribution < 1.29 is 19.0 Å². The zero-order valence-electron chi connectivity index (χ0n) is 18.6. The molecule has 0 fully saturated rings. The molecule has 0 aromatic heterocycles. The minimum Gasteiger partial charge on any atom is -0.493 e. The lowest BCUT2D eigenvalue weighted by molar-refractivity contribution is -0.164. The third-order valence-electron chi connectivity index (χ3n) is 5.47. The van der Waals surface area contributed by atoms with Gasteiger partial charge in [0.2, 0.25) is 0 Å². The van der Waals surface area contributed by atoms with E-state index in [1.165, 1.54) is 18.2 Å². The molecule has 0 N–H and O–H groups in total. The first-order chi connectivity index (χ1) is 13.6. The highest BCUT2D eigenvalue weighted by Gasteiger charge is 2.32. The molecular formula is C25H32O4. The van der Waals surface area contributed by atoms with Crippen molar-refractivity contribution in [2.24, 2.45) is 0 Å². The summed E-state index contributed by atoms with van der Waals surface area (Å²) in [6.45, 7) is 12.9. The predicted molar refractivity (Wildman–Crippen MR) is 116 cm³/mol. The van der Waals surface area contributed by atoms with Gasteiger partial charge in [0.1, 0.15) is 5.75 Å². The Morgan fingerprint density at radius 3 is 2.41 bits per heavy atom. The van der Waals surface area contributed by atoms with Crippen molar-refractivity contribution in [1.29, 1.82) is 0 Å². The van der Waals surface area contributed by atoms with Gasteiger partial charge < -0.3 is 14.2 Å². The second-order valence-corrected chi connectivity index (χ2v) is 8.79. The maximum absolute atomic E-state index is 12.8. The summed E-state index contributed by atoms with van der Waals surface area (Å²) < 4.78 is 17.2. The normalized spacial score (nSPS) is 14.7. The van der Waals surface area contributed by atoms with E-state index in [-0.39, 0.29) is 5.97 Å². The van der Waals surface area contributed by atoms with Gasteiger partial charge in [-0.25, -0.2) is 4.79 Å². The molecule has 2 aromatic carbocycles. The second kappa shape index (κ2) is 8.19. The average Bonchev–Trinajstić information content (AvgIpc) is 2.67. The molecule has 1 aliphatic heterocycles. The fraction of sp³-hybridized carbons (Fsp3) is 0.480. The van der Waals surface area contributed by atoms with Crippen molar-refractivity contribution in [2.45, 2.75) is 66.1 Å². The van der Waals surface area contributed by atoms with E-state index in [9.17, 15) is 4.79 Å². The second-order valence-electron chi connectivity index (χ2n) is 8.79. The first-order valence-electron chi connectivity index (χ1n) is 10.3. The monoisotopic (exact) mass is 396 g/mol. The Bertz CT molecular complexity index is 921. The minimum absolute atomic E-state index is 0.381. The molecule has 3 rings (SSSR count). The number of aryl methyl sites for hydroxylation is 2. The Labute approximate surface area is 174 Å². The molecule has 2 aromatic rings.